The molecule has 2 rings (SSSR count). The molecular weight excluding hydrogens is 313 g/mol. The van der Waals surface area contributed by atoms with Crippen LogP contribution in [0.15, 0.2) is 0 Å². The quantitative estimate of drug-likeness (QED) is 0.799. The Hall–Kier alpha value is -1.71. The highest BCUT2D eigenvalue weighted by molar-refractivity contribution is 5.76. The van der Waals surface area contributed by atoms with Crippen LogP contribution in [-0.2, 0) is 11.3 Å². The molecule has 0 bridgehead atoms. The largest absolute Gasteiger partial charge is 0.390 e. The molecule has 7 nitrogen and oxygen atoms in total. The minimum absolute atomic E-state index is 0.00461. The summed E-state index contributed by atoms with van der Waals surface area (Å²) < 4.78 is 38.4. The molecule has 0 aromatic carbocycles. The molecule has 10 heteroatoms. The van der Waals surface area contributed by atoms with Crippen LogP contribution in [0, 0.1) is 6.92 Å². The van der Waals surface area contributed by atoms with E-state index in [0.29, 0.717) is 45.0 Å². The van der Waals surface area contributed by atoms with Crippen molar-refractivity contribution in [2.45, 2.75) is 38.9 Å². The average molecular weight is 334 g/mol. The van der Waals surface area contributed by atoms with Crippen LogP contribution in [0.25, 0.3) is 0 Å². The lowest BCUT2D eigenvalue weighted by atomic mass is 10.3. The molecule has 1 amide bonds. The number of tetrazole rings is 1. The predicted molar refractivity (Wildman–Crippen MR) is 75.5 cm³/mol. The van der Waals surface area contributed by atoms with Crippen molar-refractivity contribution >= 4 is 5.91 Å². The minimum atomic E-state index is -4.13. The molecule has 1 aromatic heterocycles. The summed E-state index contributed by atoms with van der Waals surface area (Å²) in [5, 5.41) is 11.0. The third-order valence-electron chi connectivity index (χ3n) is 3.90. The Bertz CT molecular complexity index is 518. The Balaban J connectivity index is 1.76. The average Bonchev–Trinajstić information content (AvgIpc) is 2.74. The van der Waals surface area contributed by atoms with Crippen molar-refractivity contribution in [1.29, 1.82) is 0 Å². The van der Waals surface area contributed by atoms with Gasteiger partial charge in [0.05, 0.1) is 13.0 Å². The summed E-state index contributed by atoms with van der Waals surface area (Å²) in [5.74, 6) is 0.629. The highest BCUT2D eigenvalue weighted by atomic mass is 19.4. The molecule has 1 aromatic rings. The topological polar surface area (TPSA) is 67.2 Å². The number of alkyl halides is 3. The summed E-state index contributed by atoms with van der Waals surface area (Å²) in [6.07, 6.45) is -3.97. The van der Waals surface area contributed by atoms with E-state index in [-0.39, 0.29) is 18.9 Å². The maximum atomic E-state index is 12.3. The first-order chi connectivity index (χ1) is 10.8. The highest BCUT2D eigenvalue weighted by Crippen LogP contribution is 2.20. The van der Waals surface area contributed by atoms with Crippen LogP contribution in [0.5, 0.6) is 0 Å². The van der Waals surface area contributed by atoms with Gasteiger partial charge in [0.15, 0.2) is 0 Å². The maximum Gasteiger partial charge on any atom is 0.390 e. The molecular formula is C13H21F3N6O. The third-order valence-corrected chi connectivity index (χ3v) is 3.90. The van der Waals surface area contributed by atoms with Gasteiger partial charge in [-0.3, -0.25) is 4.79 Å². The molecule has 2 heterocycles. The number of carbonyl (C=O) groups excluding carboxylic acids is 1. The number of halogens is 3. The van der Waals surface area contributed by atoms with Crippen molar-refractivity contribution in [2.75, 3.05) is 32.7 Å². The van der Waals surface area contributed by atoms with Crippen molar-refractivity contribution in [1.82, 2.24) is 30.0 Å². The number of rotatable bonds is 5. The Morgan fingerprint density at radius 2 is 1.96 bits per heavy atom. The maximum absolute atomic E-state index is 12.3. The van der Waals surface area contributed by atoms with Gasteiger partial charge in [0, 0.05) is 32.6 Å². The normalized spacial score (nSPS) is 17.3. The van der Waals surface area contributed by atoms with Crippen LogP contribution in [0.2, 0.25) is 0 Å². The van der Waals surface area contributed by atoms with E-state index in [2.05, 4.69) is 15.5 Å². The van der Waals surface area contributed by atoms with Gasteiger partial charge in [-0.05, 0) is 30.3 Å². The van der Waals surface area contributed by atoms with Crippen molar-refractivity contribution in [3.05, 3.63) is 5.82 Å². The zero-order valence-corrected chi connectivity index (χ0v) is 13.1. The summed E-state index contributed by atoms with van der Waals surface area (Å²) in [7, 11) is 0. The minimum Gasteiger partial charge on any atom is -0.341 e. The Kier molecular flexibility index (Phi) is 5.91. The first-order valence-corrected chi connectivity index (χ1v) is 7.65. The van der Waals surface area contributed by atoms with E-state index in [1.807, 2.05) is 0 Å². The van der Waals surface area contributed by atoms with E-state index in [1.54, 1.807) is 21.4 Å². The van der Waals surface area contributed by atoms with Crippen LogP contribution in [0.4, 0.5) is 13.2 Å². The molecule has 130 valence electrons. The Labute approximate surface area is 132 Å². The lowest BCUT2D eigenvalue weighted by molar-refractivity contribution is -0.138. The second-order valence-corrected chi connectivity index (χ2v) is 5.64. The first kappa shape index (κ1) is 17.6. The van der Waals surface area contributed by atoms with E-state index >= 15 is 0 Å². The fourth-order valence-corrected chi connectivity index (χ4v) is 2.54. The van der Waals surface area contributed by atoms with Crippen LogP contribution in [-0.4, -0.2) is 74.8 Å². The molecule has 1 aliphatic rings. The van der Waals surface area contributed by atoms with Gasteiger partial charge in [0.25, 0.3) is 0 Å². The summed E-state index contributed by atoms with van der Waals surface area (Å²) in [4.78, 5) is 15.7. The fourth-order valence-electron chi connectivity index (χ4n) is 2.54. The number of hydrogen-bond acceptors (Lipinski definition) is 5. The van der Waals surface area contributed by atoms with Gasteiger partial charge in [0.2, 0.25) is 5.91 Å². The van der Waals surface area contributed by atoms with Crippen molar-refractivity contribution < 1.29 is 18.0 Å². The predicted octanol–water partition coefficient (Wildman–Crippen LogP) is 0.858. The summed E-state index contributed by atoms with van der Waals surface area (Å²) in [5.41, 5.74) is 0. The van der Waals surface area contributed by atoms with Gasteiger partial charge in [0.1, 0.15) is 5.82 Å². The summed E-state index contributed by atoms with van der Waals surface area (Å²) in [6.45, 7) is 4.27. The molecule has 0 unspecified atom stereocenters. The number of carbonyl (C=O) groups is 1. The fraction of sp³-hybridized carbons (Fsp3) is 0.846. The van der Waals surface area contributed by atoms with Crippen LogP contribution in [0.3, 0.4) is 0 Å². The Morgan fingerprint density at radius 3 is 2.61 bits per heavy atom. The zero-order valence-electron chi connectivity index (χ0n) is 13.1. The monoisotopic (exact) mass is 334 g/mol. The molecule has 0 atom stereocenters. The van der Waals surface area contributed by atoms with Crippen molar-refractivity contribution in [2.24, 2.45) is 0 Å². The first-order valence-electron chi connectivity index (χ1n) is 7.65. The SMILES string of the molecule is Cc1nnnn1CCC(=O)N1CCCN(CCC(F)(F)F)CC1. The van der Waals surface area contributed by atoms with Gasteiger partial charge in [-0.1, -0.05) is 0 Å². The van der Waals surface area contributed by atoms with Gasteiger partial charge in [-0.15, -0.1) is 5.10 Å². The third kappa shape index (κ3) is 5.77. The van der Waals surface area contributed by atoms with Crippen LogP contribution in [0.1, 0.15) is 25.1 Å². The van der Waals surface area contributed by atoms with Gasteiger partial charge >= 0.3 is 6.18 Å². The lowest BCUT2D eigenvalue weighted by Crippen LogP contribution is -2.36. The van der Waals surface area contributed by atoms with E-state index in [0.717, 1.165) is 0 Å². The number of aryl methyl sites for hydroxylation is 2. The molecule has 0 radical (unpaired) electrons. The molecule has 0 spiro atoms. The molecule has 0 N–H and O–H groups in total. The molecule has 1 aliphatic heterocycles. The number of hydrogen-bond donors (Lipinski definition) is 0. The van der Waals surface area contributed by atoms with E-state index in [9.17, 15) is 18.0 Å². The van der Waals surface area contributed by atoms with E-state index in [4.69, 9.17) is 0 Å². The van der Waals surface area contributed by atoms with Crippen molar-refractivity contribution in [3.8, 4) is 0 Å². The van der Waals surface area contributed by atoms with Crippen LogP contribution >= 0.6 is 0 Å². The smallest absolute Gasteiger partial charge is 0.341 e. The number of nitrogens with zero attached hydrogens (tertiary/aromatic N) is 6. The second kappa shape index (κ2) is 7.71. The van der Waals surface area contributed by atoms with E-state index < -0.39 is 12.6 Å². The van der Waals surface area contributed by atoms with Crippen molar-refractivity contribution in [3.63, 3.8) is 0 Å². The number of aromatic nitrogens is 4. The lowest BCUT2D eigenvalue weighted by Gasteiger charge is -2.22. The molecule has 1 fully saturated rings. The summed E-state index contributed by atoms with van der Waals surface area (Å²) >= 11 is 0. The molecule has 0 aliphatic carbocycles. The van der Waals surface area contributed by atoms with Crippen LogP contribution < -0.4 is 0 Å². The molecule has 0 saturated carbocycles. The number of amides is 1. The molecule has 23 heavy (non-hydrogen) atoms. The standard InChI is InChI=1S/C13H21F3N6O/c1-11-17-18-19-22(11)7-3-12(23)21-6-2-5-20(9-10-21)8-4-13(14,15)16/h2-10H2,1H3. The van der Waals surface area contributed by atoms with Gasteiger partial charge < -0.3 is 9.80 Å². The highest BCUT2D eigenvalue weighted by Gasteiger charge is 2.28. The Morgan fingerprint density at radius 1 is 1.17 bits per heavy atom. The van der Waals surface area contributed by atoms with Gasteiger partial charge in [-0.25, -0.2) is 4.68 Å². The summed E-state index contributed by atoms with van der Waals surface area (Å²) in [6, 6.07) is 0. The second-order valence-electron chi connectivity index (χ2n) is 5.64. The molecule has 1 saturated heterocycles. The van der Waals surface area contributed by atoms with E-state index in [1.165, 1.54) is 0 Å². The van der Waals surface area contributed by atoms with Gasteiger partial charge in [-0.2, -0.15) is 13.2 Å². The zero-order chi connectivity index (χ0) is 16.9.